The second-order valence-corrected chi connectivity index (χ2v) is 8.03. The van der Waals surface area contributed by atoms with Crippen LogP contribution >= 0.6 is 11.6 Å². The number of hydrogen-bond acceptors (Lipinski definition) is 6. The van der Waals surface area contributed by atoms with Gasteiger partial charge in [-0.3, -0.25) is 4.72 Å². The van der Waals surface area contributed by atoms with Gasteiger partial charge in [0.25, 0.3) is 0 Å². The van der Waals surface area contributed by atoms with Crippen LogP contribution in [0.5, 0.6) is 0 Å². The second-order valence-electron chi connectivity index (χ2n) is 3.42. The van der Waals surface area contributed by atoms with Crippen molar-refractivity contribution in [2.24, 2.45) is 0 Å². The number of anilines is 1. The van der Waals surface area contributed by atoms with E-state index < -0.39 is 24.9 Å². The molecule has 96 valence electrons. The molecule has 1 aromatic heterocycles. The first-order valence-corrected chi connectivity index (χ1v) is 8.36. The maximum Gasteiger partial charge on any atom is 0.249 e. The lowest BCUT2D eigenvalue weighted by Gasteiger charge is -2.06. The molecule has 17 heavy (non-hydrogen) atoms. The number of rotatable bonds is 4. The van der Waals surface area contributed by atoms with E-state index in [9.17, 15) is 16.8 Å². The molecule has 0 amide bonds. The number of aryl methyl sites for hydroxylation is 1. The fourth-order valence-corrected chi connectivity index (χ4v) is 4.12. The highest BCUT2D eigenvalue weighted by atomic mass is 35.5. The van der Waals surface area contributed by atoms with E-state index in [0.29, 0.717) is 5.69 Å². The predicted molar refractivity (Wildman–Crippen MR) is 64.0 cm³/mol. The fraction of sp³-hybridized carbons (Fsp3) is 0.429. The highest BCUT2D eigenvalue weighted by Crippen LogP contribution is 2.11. The normalized spacial score (nSPS) is 12.4. The molecule has 1 N–H and O–H groups in total. The van der Waals surface area contributed by atoms with Gasteiger partial charge in [0.05, 0.1) is 0 Å². The van der Waals surface area contributed by atoms with Crippen LogP contribution < -0.4 is 4.72 Å². The molecular formula is C7H10ClN3O4S2. The minimum Gasteiger partial charge on any atom is -0.250 e. The summed E-state index contributed by atoms with van der Waals surface area (Å²) in [6.45, 7) is 1.60. The molecule has 7 nitrogen and oxygen atoms in total. The van der Waals surface area contributed by atoms with Gasteiger partial charge < -0.3 is 0 Å². The van der Waals surface area contributed by atoms with Crippen molar-refractivity contribution in [1.82, 2.24) is 9.97 Å². The lowest BCUT2D eigenvalue weighted by atomic mass is 10.5. The lowest BCUT2D eigenvalue weighted by Crippen LogP contribution is -2.23. The second kappa shape index (κ2) is 4.75. The topological polar surface area (TPSA) is 106 Å². The summed E-state index contributed by atoms with van der Waals surface area (Å²) < 4.78 is 46.6. The Hall–Kier alpha value is -0.930. The Bertz CT molecular complexity index is 606. The van der Waals surface area contributed by atoms with Gasteiger partial charge in [-0.1, -0.05) is 11.6 Å². The molecule has 0 aliphatic heterocycles. The number of halogens is 1. The van der Waals surface area contributed by atoms with Crippen molar-refractivity contribution in [3.8, 4) is 0 Å². The molecular weight excluding hydrogens is 290 g/mol. The van der Waals surface area contributed by atoms with Crippen LogP contribution in [-0.4, -0.2) is 38.1 Å². The van der Waals surface area contributed by atoms with Crippen molar-refractivity contribution in [3.05, 3.63) is 16.9 Å². The van der Waals surface area contributed by atoms with Crippen LogP contribution in [0.4, 0.5) is 5.95 Å². The Morgan fingerprint density at radius 1 is 1.29 bits per heavy atom. The van der Waals surface area contributed by atoms with Crippen LogP contribution in [-0.2, 0) is 19.9 Å². The van der Waals surface area contributed by atoms with Crippen LogP contribution in [0.3, 0.4) is 0 Å². The zero-order valence-corrected chi connectivity index (χ0v) is 11.4. The first kappa shape index (κ1) is 14.1. The number of aromatic nitrogens is 2. The number of sulfonamides is 1. The standard InChI is InChI=1S/C7H10ClN3O4S2/c1-5-3-6(8)10-7(9-5)11-17(14,15)4-16(2,12)13/h3H,4H2,1-2H3,(H,9,10,11). The number of nitrogens with zero attached hydrogens (tertiary/aromatic N) is 2. The summed E-state index contributed by atoms with van der Waals surface area (Å²) in [6.07, 6.45) is 0.816. The summed E-state index contributed by atoms with van der Waals surface area (Å²) in [5, 5.41) is -0.968. The van der Waals surface area contributed by atoms with Crippen molar-refractivity contribution in [2.45, 2.75) is 6.92 Å². The molecule has 0 spiro atoms. The fourth-order valence-electron chi connectivity index (χ4n) is 1.03. The van der Waals surface area contributed by atoms with Crippen LogP contribution in [0.15, 0.2) is 6.07 Å². The van der Waals surface area contributed by atoms with E-state index in [0.717, 1.165) is 6.26 Å². The van der Waals surface area contributed by atoms with Crippen molar-refractivity contribution in [3.63, 3.8) is 0 Å². The Balaban J connectivity index is 2.98. The molecule has 0 saturated carbocycles. The molecule has 0 unspecified atom stereocenters. The lowest BCUT2D eigenvalue weighted by molar-refractivity contribution is 0.594. The molecule has 0 fully saturated rings. The smallest absolute Gasteiger partial charge is 0.249 e. The monoisotopic (exact) mass is 299 g/mol. The van der Waals surface area contributed by atoms with E-state index in [1.165, 1.54) is 6.07 Å². The van der Waals surface area contributed by atoms with E-state index in [1.807, 2.05) is 4.72 Å². The minimum atomic E-state index is -4.05. The first-order chi connectivity index (χ1) is 7.57. The molecule has 1 heterocycles. The third-order valence-corrected chi connectivity index (χ3v) is 5.08. The van der Waals surface area contributed by atoms with E-state index in [-0.39, 0.29) is 11.1 Å². The SMILES string of the molecule is Cc1cc(Cl)nc(NS(=O)(=O)CS(C)(=O)=O)n1. The van der Waals surface area contributed by atoms with Crippen molar-refractivity contribution < 1.29 is 16.8 Å². The molecule has 0 aliphatic rings. The number of sulfone groups is 1. The average molecular weight is 300 g/mol. The van der Waals surface area contributed by atoms with Gasteiger partial charge in [0.15, 0.2) is 14.9 Å². The quantitative estimate of drug-likeness (QED) is 0.795. The van der Waals surface area contributed by atoms with Gasteiger partial charge >= 0.3 is 0 Å². The van der Waals surface area contributed by atoms with Gasteiger partial charge in [-0.2, -0.15) is 0 Å². The predicted octanol–water partition coefficient (Wildman–Crippen LogP) is 0.182. The van der Waals surface area contributed by atoms with Crippen molar-refractivity contribution in [2.75, 3.05) is 16.1 Å². The molecule has 1 rings (SSSR count). The Morgan fingerprint density at radius 2 is 1.88 bits per heavy atom. The van der Waals surface area contributed by atoms with Gasteiger partial charge in [0.2, 0.25) is 16.0 Å². The molecule has 0 atom stereocenters. The molecule has 0 aliphatic carbocycles. The number of hydrogen-bond donors (Lipinski definition) is 1. The van der Waals surface area contributed by atoms with E-state index in [4.69, 9.17) is 11.6 Å². The maximum absolute atomic E-state index is 11.4. The van der Waals surface area contributed by atoms with Gasteiger partial charge in [0, 0.05) is 11.9 Å². The maximum atomic E-state index is 11.4. The third kappa shape index (κ3) is 5.29. The molecule has 10 heteroatoms. The first-order valence-electron chi connectivity index (χ1n) is 4.27. The van der Waals surface area contributed by atoms with E-state index in [2.05, 4.69) is 9.97 Å². The minimum absolute atomic E-state index is 0.0644. The van der Waals surface area contributed by atoms with E-state index in [1.54, 1.807) is 6.92 Å². The summed E-state index contributed by atoms with van der Waals surface area (Å²) in [5.41, 5.74) is 0.460. The molecule has 0 radical (unpaired) electrons. The highest BCUT2D eigenvalue weighted by molar-refractivity contribution is 8.08. The summed E-state index contributed by atoms with van der Waals surface area (Å²) >= 11 is 5.61. The van der Waals surface area contributed by atoms with Gasteiger partial charge in [0.1, 0.15) is 5.15 Å². The summed E-state index contributed by atoms with van der Waals surface area (Å²) in [6, 6.07) is 1.44. The zero-order valence-electron chi connectivity index (χ0n) is 9.01. The highest BCUT2D eigenvalue weighted by Gasteiger charge is 2.19. The summed E-state index contributed by atoms with van der Waals surface area (Å²) in [7, 11) is -7.71. The Labute approximate surface area is 104 Å². The van der Waals surface area contributed by atoms with Crippen LogP contribution in [0.2, 0.25) is 5.15 Å². The van der Waals surface area contributed by atoms with Gasteiger partial charge in [-0.25, -0.2) is 26.8 Å². The third-order valence-electron chi connectivity index (χ3n) is 1.44. The zero-order chi connectivity index (χ0) is 13.3. The molecule has 0 aromatic carbocycles. The average Bonchev–Trinajstić information content (AvgIpc) is 1.93. The molecule has 0 saturated heterocycles. The molecule has 0 bridgehead atoms. The summed E-state index contributed by atoms with van der Waals surface area (Å²) in [5.74, 6) is -0.251. The van der Waals surface area contributed by atoms with Crippen molar-refractivity contribution in [1.29, 1.82) is 0 Å². The Morgan fingerprint density at radius 3 is 2.35 bits per heavy atom. The largest absolute Gasteiger partial charge is 0.250 e. The molecule has 1 aromatic rings. The van der Waals surface area contributed by atoms with Crippen molar-refractivity contribution >= 4 is 37.4 Å². The summed E-state index contributed by atoms with van der Waals surface area (Å²) in [4.78, 5) is 7.39. The number of nitrogens with one attached hydrogen (secondary N) is 1. The van der Waals surface area contributed by atoms with Crippen LogP contribution in [0.1, 0.15) is 5.69 Å². The van der Waals surface area contributed by atoms with Crippen LogP contribution in [0.25, 0.3) is 0 Å². The van der Waals surface area contributed by atoms with Gasteiger partial charge in [-0.15, -0.1) is 0 Å². The van der Waals surface area contributed by atoms with E-state index >= 15 is 0 Å². The van der Waals surface area contributed by atoms with Crippen LogP contribution in [0, 0.1) is 6.92 Å². The van der Waals surface area contributed by atoms with Gasteiger partial charge in [-0.05, 0) is 13.0 Å². The Kier molecular flexibility index (Phi) is 3.95.